The number of nitrogens with zero attached hydrogens (tertiary/aromatic N) is 1. The lowest BCUT2D eigenvalue weighted by Gasteiger charge is -2.34. The second kappa shape index (κ2) is 9.47. The van der Waals surface area contributed by atoms with Gasteiger partial charge in [0.25, 0.3) is 5.91 Å². The second-order valence-corrected chi connectivity index (χ2v) is 9.37. The summed E-state index contributed by atoms with van der Waals surface area (Å²) >= 11 is 6.15. The number of hydrogen-bond acceptors (Lipinski definition) is 5. The predicted molar refractivity (Wildman–Crippen MR) is 111 cm³/mol. The Labute approximate surface area is 183 Å². The van der Waals surface area contributed by atoms with Gasteiger partial charge in [0.2, 0.25) is 10.0 Å². The Morgan fingerprint density at radius 3 is 2.48 bits per heavy atom. The molecular weight excluding hydrogens is 454 g/mol. The van der Waals surface area contributed by atoms with Crippen LogP contribution in [0.25, 0.3) is 0 Å². The zero-order valence-corrected chi connectivity index (χ0v) is 18.3. The van der Waals surface area contributed by atoms with Crippen molar-refractivity contribution >= 4 is 33.2 Å². The molecule has 0 radical (unpaired) electrons. The molecule has 1 N–H and O–H groups in total. The van der Waals surface area contributed by atoms with Crippen molar-refractivity contribution in [3.8, 4) is 5.75 Å². The molecule has 2 atom stereocenters. The maximum atomic E-state index is 13.2. The molecule has 7 nitrogen and oxygen atoms in total. The number of para-hydroxylation sites is 2. The molecule has 0 bridgehead atoms. The number of nitrogens with one attached hydrogen (secondary N) is 1. The summed E-state index contributed by atoms with van der Waals surface area (Å²) < 4.78 is 62.7. The van der Waals surface area contributed by atoms with Gasteiger partial charge in [-0.3, -0.25) is 4.79 Å². The number of ether oxygens (including phenoxy) is 2. The molecule has 1 fully saturated rings. The third-order valence-electron chi connectivity index (χ3n) is 4.55. The Kier molecular flexibility index (Phi) is 7.15. The number of amides is 1. The molecule has 1 aliphatic heterocycles. The molecule has 0 aliphatic carbocycles. The van der Waals surface area contributed by atoms with Crippen molar-refractivity contribution in [3.63, 3.8) is 0 Å². The quantitative estimate of drug-likeness (QED) is 0.684. The van der Waals surface area contributed by atoms with Gasteiger partial charge in [-0.1, -0.05) is 23.7 Å². The number of sulfonamides is 1. The lowest BCUT2D eigenvalue weighted by Crippen LogP contribution is -2.48. The van der Waals surface area contributed by atoms with Crippen molar-refractivity contribution in [2.45, 2.75) is 37.6 Å². The van der Waals surface area contributed by atoms with Crippen LogP contribution in [0.4, 0.5) is 14.5 Å². The average molecular weight is 475 g/mol. The maximum absolute atomic E-state index is 13.2. The standard InChI is InChI=1S/C20H21ClF2N2O5S/c1-12-10-25(11-13(2)29-12)31(27,28)18-9-14(7-8-15(18)21)19(26)24-16-5-3-4-6-17(16)30-20(22)23/h3-9,12-13,20H,10-11H2,1-2H3,(H,24,26)/t12-,13+. The van der Waals surface area contributed by atoms with Crippen LogP contribution in [0.2, 0.25) is 5.02 Å². The molecule has 31 heavy (non-hydrogen) atoms. The van der Waals surface area contributed by atoms with E-state index in [0.717, 1.165) is 6.07 Å². The molecule has 168 valence electrons. The van der Waals surface area contributed by atoms with Gasteiger partial charge in [-0.25, -0.2) is 8.42 Å². The topological polar surface area (TPSA) is 84.9 Å². The first-order valence-electron chi connectivity index (χ1n) is 9.38. The van der Waals surface area contributed by atoms with Crippen molar-refractivity contribution in [1.29, 1.82) is 0 Å². The maximum Gasteiger partial charge on any atom is 0.387 e. The van der Waals surface area contributed by atoms with E-state index in [1.54, 1.807) is 13.8 Å². The molecule has 0 spiro atoms. The Morgan fingerprint density at radius 2 is 1.84 bits per heavy atom. The summed E-state index contributed by atoms with van der Waals surface area (Å²) in [5.74, 6) is -0.925. The van der Waals surface area contributed by atoms with Crippen LogP contribution in [0.1, 0.15) is 24.2 Å². The molecule has 0 unspecified atom stereocenters. The molecule has 3 rings (SSSR count). The van der Waals surface area contributed by atoms with E-state index < -0.39 is 22.5 Å². The summed E-state index contributed by atoms with van der Waals surface area (Å²) in [7, 11) is -3.99. The minimum Gasteiger partial charge on any atom is -0.433 e. The minimum absolute atomic E-state index is 0.0100. The first-order valence-corrected chi connectivity index (χ1v) is 11.2. The fourth-order valence-corrected chi connectivity index (χ4v) is 5.36. The molecular formula is C20H21ClF2N2O5S. The molecule has 0 aromatic heterocycles. The molecule has 2 aromatic rings. The first-order chi connectivity index (χ1) is 14.6. The highest BCUT2D eigenvalue weighted by molar-refractivity contribution is 7.89. The second-order valence-electron chi connectivity index (χ2n) is 7.05. The van der Waals surface area contributed by atoms with E-state index in [2.05, 4.69) is 10.1 Å². The van der Waals surface area contributed by atoms with E-state index in [-0.39, 0.29) is 52.2 Å². The van der Waals surface area contributed by atoms with Crippen LogP contribution < -0.4 is 10.1 Å². The van der Waals surface area contributed by atoms with Gasteiger partial charge in [0.15, 0.2) is 0 Å². The Morgan fingerprint density at radius 1 is 1.19 bits per heavy atom. The van der Waals surface area contributed by atoms with Crippen molar-refractivity contribution in [2.24, 2.45) is 0 Å². The molecule has 1 saturated heterocycles. The highest BCUT2D eigenvalue weighted by Gasteiger charge is 2.34. The fourth-order valence-electron chi connectivity index (χ4n) is 3.27. The van der Waals surface area contributed by atoms with Crippen LogP contribution in [-0.2, 0) is 14.8 Å². The van der Waals surface area contributed by atoms with Gasteiger partial charge in [-0.15, -0.1) is 0 Å². The highest BCUT2D eigenvalue weighted by Crippen LogP contribution is 2.30. The summed E-state index contributed by atoms with van der Waals surface area (Å²) in [5, 5.41) is 2.42. The van der Waals surface area contributed by atoms with Crippen LogP contribution in [0.15, 0.2) is 47.4 Å². The number of rotatable bonds is 6. The summed E-state index contributed by atoms with van der Waals surface area (Å²) in [6.45, 7) is 0.768. The van der Waals surface area contributed by atoms with Gasteiger partial charge in [0, 0.05) is 18.7 Å². The van der Waals surface area contributed by atoms with E-state index in [1.165, 1.54) is 40.7 Å². The van der Waals surface area contributed by atoms with Crippen LogP contribution >= 0.6 is 11.6 Å². The molecule has 11 heteroatoms. The van der Waals surface area contributed by atoms with Crippen molar-refractivity contribution in [2.75, 3.05) is 18.4 Å². The first kappa shape index (κ1) is 23.4. The van der Waals surface area contributed by atoms with Crippen LogP contribution in [0, 0.1) is 0 Å². The highest BCUT2D eigenvalue weighted by atomic mass is 35.5. The number of benzene rings is 2. The largest absolute Gasteiger partial charge is 0.433 e. The smallest absolute Gasteiger partial charge is 0.387 e. The van der Waals surface area contributed by atoms with E-state index in [0.29, 0.717) is 0 Å². The molecule has 1 heterocycles. The third-order valence-corrected chi connectivity index (χ3v) is 6.86. The van der Waals surface area contributed by atoms with Gasteiger partial charge in [0.05, 0.1) is 22.9 Å². The molecule has 0 saturated carbocycles. The van der Waals surface area contributed by atoms with Crippen LogP contribution in [0.5, 0.6) is 5.75 Å². The number of anilines is 1. The fraction of sp³-hybridized carbons (Fsp3) is 0.350. The van der Waals surface area contributed by atoms with E-state index in [9.17, 15) is 22.0 Å². The van der Waals surface area contributed by atoms with Gasteiger partial charge in [0.1, 0.15) is 10.6 Å². The number of carbonyl (C=O) groups excluding carboxylic acids is 1. The van der Waals surface area contributed by atoms with Crippen LogP contribution in [0.3, 0.4) is 0 Å². The normalized spacial score (nSPS) is 19.9. The molecule has 2 aromatic carbocycles. The van der Waals surface area contributed by atoms with Crippen molar-refractivity contribution < 1.29 is 31.5 Å². The van der Waals surface area contributed by atoms with Gasteiger partial charge < -0.3 is 14.8 Å². The third kappa shape index (κ3) is 5.51. The van der Waals surface area contributed by atoms with Gasteiger partial charge in [-0.05, 0) is 44.2 Å². The van der Waals surface area contributed by atoms with E-state index in [4.69, 9.17) is 16.3 Å². The summed E-state index contributed by atoms with van der Waals surface area (Å²) in [6.07, 6.45) is -0.592. The molecule has 1 aliphatic rings. The summed E-state index contributed by atoms with van der Waals surface area (Å²) in [5.41, 5.74) is 0.00664. The Bertz CT molecular complexity index is 1060. The zero-order valence-electron chi connectivity index (χ0n) is 16.7. The van der Waals surface area contributed by atoms with Crippen LogP contribution in [-0.4, -0.2) is 50.5 Å². The number of carbonyl (C=O) groups is 1. The number of halogens is 3. The predicted octanol–water partition coefficient (Wildman–Crippen LogP) is 3.99. The minimum atomic E-state index is -3.99. The zero-order chi connectivity index (χ0) is 22.8. The lowest BCUT2D eigenvalue weighted by atomic mass is 10.2. The number of morpholine rings is 1. The van der Waals surface area contributed by atoms with E-state index >= 15 is 0 Å². The van der Waals surface area contributed by atoms with Gasteiger partial charge >= 0.3 is 6.61 Å². The summed E-state index contributed by atoms with van der Waals surface area (Å²) in [4.78, 5) is 12.5. The molecule has 1 amide bonds. The van der Waals surface area contributed by atoms with Crippen molar-refractivity contribution in [3.05, 3.63) is 53.1 Å². The monoisotopic (exact) mass is 474 g/mol. The lowest BCUT2D eigenvalue weighted by molar-refractivity contribution is -0.0493. The van der Waals surface area contributed by atoms with E-state index in [1.807, 2.05) is 0 Å². The summed E-state index contributed by atoms with van der Waals surface area (Å²) in [6, 6.07) is 9.49. The number of alkyl halides is 2. The number of hydrogen-bond donors (Lipinski definition) is 1. The Hall–Kier alpha value is -2.27. The Balaban J connectivity index is 1.88. The van der Waals surface area contributed by atoms with Crippen molar-refractivity contribution in [1.82, 2.24) is 4.31 Å². The van der Waals surface area contributed by atoms with Gasteiger partial charge in [-0.2, -0.15) is 13.1 Å². The average Bonchev–Trinajstić information content (AvgIpc) is 2.68. The SMILES string of the molecule is C[C@@H]1CN(S(=O)(=O)c2cc(C(=O)Nc3ccccc3OC(F)F)ccc2Cl)C[C@H](C)O1.